The molecule has 4 fully saturated rings. The van der Waals surface area contributed by atoms with Gasteiger partial charge in [-0.25, -0.2) is 9.59 Å². The zero-order valence-electron chi connectivity index (χ0n) is 25.9. The molecule has 0 radical (unpaired) electrons. The molecule has 13 atom stereocenters. The molecule has 1 aromatic rings. The molecule has 248 valence electrons. The average molecular weight is 635 g/mol. The molecule has 2 saturated carbocycles. The third-order valence-corrected chi connectivity index (χ3v) is 11.9. The van der Waals surface area contributed by atoms with Crippen LogP contribution in [0.3, 0.4) is 0 Å². The fraction of sp³-hybridized carbons (Fsp3) is 0.719. The first-order valence-electron chi connectivity index (χ1n) is 15.3. The number of epoxide rings is 1. The first kappa shape index (κ1) is 32.3. The summed E-state index contributed by atoms with van der Waals surface area (Å²) >= 11 is 0. The van der Waals surface area contributed by atoms with Crippen molar-refractivity contribution in [2.75, 3.05) is 6.61 Å². The van der Waals surface area contributed by atoms with E-state index in [0.717, 1.165) is 0 Å². The van der Waals surface area contributed by atoms with E-state index in [9.17, 15) is 39.9 Å². The minimum absolute atomic E-state index is 0.00555. The highest BCUT2D eigenvalue weighted by atomic mass is 16.7. The maximum Gasteiger partial charge on any atom is 0.335 e. The van der Waals surface area contributed by atoms with Crippen molar-refractivity contribution in [2.24, 2.45) is 28.1 Å². The maximum absolute atomic E-state index is 14.6. The van der Waals surface area contributed by atoms with Gasteiger partial charge in [0.25, 0.3) is 0 Å². The summed E-state index contributed by atoms with van der Waals surface area (Å²) < 4.78 is 29.5. The zero-order chi connectivity index (χ0) is 32.9. The van der Waals surface area contributed by atoms with Crippen LogP contribution in [-0.4, -0.2) is 97.9 Å². The number of carbonyl (C=O) groups excluding carboxylic acids is 2. The van der Waals surface area contributed by atoms with Crippen LogP contribution in [0.2, 0.25) is 0 Å². The van der Waals surface area contributed by atoms with Crippen molar-refractivity contribution in [3.63, 3.8) is 0 Å². The standard InChI is InChI=1S/C32H42O13/c1-28(2)18-12-19(34)31(5)17(29(18,3)9-7-20(35)44-28)6-10-30(4,32(31)25(45-32)26(39)40)24(15-8-11-41-14-15)43-27-23(38)22(37)21(36)16(13-33)42-27/h7-9,11,14,16-18,21-25,27,33,36-38H,6,10,12-13H2,1-5H3,(H,39,40)/t16-,17-,18-,21-,22+,23-,24-,25+,27+,29+,30-,31-,32+/m0/s1. The van der Waals surface area contributed by atoms with Gasteiger partial charge in [0.1, 0.15) is 41.4 Å². The Morgan fingerprint density at radius 1 is 1.07 bits per heavy atom. The van der Waals surface area contributed by atoms with Crippen molar-refractivity contribution in [1.29, 1.82) is 0 Å². The maximum atomic E-state index is 14.6. The van der Waals surface area contributed by atoms with Crippen LogP contribution in [0.5, 0.6) is 0 Å². The van der Waals surface area contributed by atoms with Gasteiger partial charge in [0.05, 0.1) is 30.7 Å². The number of aliphatic carboxylic acids is 1. The van der Waals surface area contributed by atoms with Crippen molar-refractivity contribution in [3.8, 4) is 0 Å². The average Bonchev–Trinajstić information content (AvgIpc) is 3.56. The molecule has 45 heavy (non-hydrogen) atoms. The van der Waals surface area contributed by atoms with Crippen molar-refractivity contribution < 1.29 is 63.3 Å². The molecule has 5 aliphatic rings. The van der Waals surface area contributed by atoms with Gasteiger partial charge in [-0.15, -0.1) is 0 Å². The highest BCUT2D eigenvalue weighted by molar-refractivity contribution is 5.92. The molecule has 6 rings (SSSR count). The van der Waals surface area contributed by atoms with E-state index >= 15 is 0 Å². The predicted molar refractivity (Wildman–Crippen MR) is 151 cm³/mol. The Hall–Kier alpha value is -2.65. The molecule has 2 aliphatic carbocycles. The van der Waals surface area contributed by atoms with Crippen molar-refractivity contribution >= 4 is 17.7 Å². The number of esters is 1. The largest absolute Gasteiger partial charge is 0.479 e. The second-order valence-corrected chi connectivity index (χ2v) is 14.5. The summed E-state index contributed by atoms with van der Waals surface area (Å²) in [5.74, 6) is -2.84. The minimum atomic E-state index is -1.73. The number of cyclic esters (lactones) is 1. The van der Waals surface area contributed by atoms with Gasteiger partial charge < -0.3 is 48.9 Å². The molecule has 0 amide bonds. The van der Waals surface area contributed by atoms with Crippen LogP contribution in [0.15, 0.2) is 35.2 Å². The van der Waals surface area contributed by atoms with Gasteiger partial charge in [-0.05, 0) is 51.0 Å². The number of aliphatic hydroxyl groups excluding tert-OH is 4. The quantitative estimate of drug-likeness (QED) is 0.221. The predicted octanol–water partition coefficient (Wildman–Crippen LogP) is 1.27. The van der Waals surface area contributed by atoms with Gasteiger partial charge in [0.15, 0.2) is 12.4 Å². The number of rotatable bonds is 6. The Bertz CT molecular complexity index is 1390. The number of ketones is 1. The number of furan rings is 1. The lowest BCUT2D eigenvalue weighted by Crippen LogP contribution is -2.70. The van der Waals surface area contributed by atoms with E-state index in [1.807, 2.05) is 6.92 Å². The SMILES string of the molecule is CC1(C)OC(=O)C=C[C@@]2(C)[C@H]1CC(=O)[C@]1(C)[C@H]2CC[C@@](C)([C@@H](O[C@H]2O[C@@H](CO)[C@H](O)[C@@H](O)[C@@H]2O)c2ccoc2)[C@@]12O[C@@H]2C(=O)O. The summed E-state index contributed by atoms with van der Waals surface area (Å²) in [6, 6.07) is 1.61. The number of allylic oxidation sites excluding steroid dienone is 1. The fourth-order valence-corrected chi connectivity index (χ4v) is 9.67. The Balaban J connectivity index is 1.48. The summed E-state index contributed by atoms with van der Waals surface area (Å²) in [7, 11) is 0. The number of hydrogen-bond donors (Lipinski definition) is 5. The van der Waals surface area contributed by atoms with Gasteiger partial charge in [-0.3, -0.25) is 4.79 Å². The number of aliphatic hydroxyl groups is 4. The van der Waals surface area contributed by atoms with E-state index in [2.05, 4.69) is 0 Å². The summed E-state index contributed by atoms with van der Waals surface area (Å²) in [5.41, 5.74) is -5.57. The Labute approximate surface area is 260 Å². The van der Waals surface area contributed by atoms with Crippen LogP contribution < -0.4 is 0 Å². The number of carboxylic acids is 1. The van der Waals surface area contributed by atoms with E-state index in [1.54, 1.807) is 39.8 Å². The molecule has 0 unspecified atom stereocenters. The van der Waals surface area contributed by atoms with E-state index in [1.165, 1.54) is 18.6 Å². The fourth-order valence-electron chi connectivity index (χ4n) is 9.67. The Morgan fingerprint density at radius 2 is 1.78 bits per heavy atom. The lowest BCUT2D eigenvalue weighted by Gasteiger charge is -2.64. The van der Waals surface area contributed by atoms with Crippen LogP contribution in [0.25, 0.3) is 0 Å². The van der Waals surface area contributed by atoms with Crippen LogP contribution in [0, 0.1) is 28.1 Å². The van der Waals surface area contributed by atoms with Crippen LogP contribution >= 0.6 is 0 Å². The first-order valence-corrected chi connectivity index (χ1v) is 15.3. The minimum Gasteiger partial charge on any atom is -0.479 e. The monoisotopic (exact) mass is 634 g/mol. The van der Waals surface area contributed by atoms with E-state index in [0.29, 0.717) is 12.0 Å². The van der Waals surface area contributed by atoms with Gasteiger partial charge in [0, 0.05) is 29.4 Å². The van der Waals surface area contributed by atoms with Crippen LogP contribution in [-0.2, 0) is 33.3 Å². The molecule has 1 aromatic heterocycles. The van der Waals surface area contributed by atoms with Crippen molar-refractivity contribution in [1.82, 2.24) is 0 Å². The van der Waals surface area contributed by atoms with E-state index in [-0.39, 0.29) is 18.6 Å². The molecule has 0 bridgehead atoms. The van der Waals surface area contributed by atoms with E-state index < -0.39 is 101 Å². The van der Waals surface area contributed by atoms with E-state index in [4.69, 9.17) is 23.4 Å². The molecule has 2 saturated heterocycles. The van der Waals surface area contributed by atoms with Gasteiger partial charge >= 0.3 is 11.9 Å². The number of hydrogen-bond acceptors (Lipinski definition) is 12. The lowest BCUT2D eigenvalue weighted by molar-refractivity contribution is -0.328. The number of fused-ring (bicyclic) bond motifs is 4. The first-order chi connectivity index (χ1) is 21.0. The van der Waals surface area contributed by atoms with Crippen molar-refractivity contribution in [2.45, 2.75) is 108 Å². The molecule has 1 spiro atoms. The molecule has 3 aliphatic heterocycles. The molecular formula is C32H42O13. The topological polar surface area (TPSA) is 206 Å². The van der Waals surface area contributed by atoms with Crippen LogP contribution in [0.4, 0.5) is 0 Å². The number of carbonyl (C=O) groups is 3. The second-order valence-electron chi connectivity index (χ2n) is 14.5. The summed E-state index contributed by atoms with van der Waals surface area (Å²) in [5, 5.41) is 51.9. The van der Waals surface area contributed by atoms with Gasteiger partial charge in [-0.1, -0.05) is 19.9 Å². The summed E-state index contributed by atoms with van der Waals surface area (Å²) in [6.07, 6.45) is -3.67. The Kier molecular flexibility index (Phi) is 7.48. The zero-order valence-corrected chi connectivity index (χ0v) is 25.9. The molecule has 13 nitrogen and oxygen atoms in total. The second kappa shape index (κ2) is 10.4. The van der Waals surface area contributed by atoms with Crippen molar-refractivity contribution in [3.05, 3.63) is 36.3 Å². The summed E-state index contributed by atoms with van der Waals surface area (Å²) in [4.78, 5) is 40.0. The number of ether oxygens (including phenoxy) is 4. The van der Waals surface area contributed by atoms with Gasteiger partial charge in [-0.2, -0.15) is 0 Å². The highest BCUT2D eigenvalue weighted by Crippen LogP contribution is 2.77. The Morgan fingerprint density at radius 3 is 2.38 bits per heavy atom. The molecular weight excluding hydrogens is 592 g/mol. The molecule has 4 heterocycles. The molecule has 5 N–H and O–H groups in total. The number of Topliss-reactive ketones (excluding diaryl/α,β-unsaturated/α-hetero) is 1. The molecule has 0 aromatic carbocycles. The van der Waals surface area contributed by atoms with Gasteiger partial charge in [0.2, 0.25) is 0 Å². The smallest absolute Gasteiger partial charge is 0.335 e. The normalized spacial score (nSPS) is 47.8. The molecule has 13 heteroatoms. The van der Waals surface area contributed by atoms with Crippen LogP contribution in [0.1, 0.15) is 65.5 Å². The summed E-state index contributed by atoms with van der Waals surface area (Å²) in [6.45, 7) is 8.42. The third kappa shape index (κ3) is 4.28. The third-order valence-electron chi connectivity index (χ3n) is 11.9. The lowest BCUT2D eigenvalue weighted by atomic mass is 9.38. The highest BCUT2D eigenvalue weighted by Gasteiger charge is 2.86. The number of carboxylic acid groups (broad SMARTS) is 1.